The van der Waals surface area contributed by atoms with Crippen LogP contribution < -0.4 is 5.32 Å². The summed E-state index contributed by atoms with van der Waals surface area (Å²) >= 11 is 6.25. The highest BCUT2D eigenvalue weighted by molar-refractivity contribution is 6.32. The van der Waals surface area contributed by atoms with Crippen LogP contribution in [0.3, 0.4) is 0 Å². The van der Waals surface area contributed by atoms with Crippen molar-refractivity contribution >= 4 is 11.6 Å². The van der Waals surface area contributed by atoms with Crippen LogP contribution in [0.25, 0.3) is 5.82 Å². The molecule has 0 radical (unpaired) electrons. The number of nitrogens with zero attached hydrogens (tertiary/aromatic N) is 3. The predicted octanol–water partition coefficient (Wildman–Crippen LogP) is 2.48. The second-order valence-corrected chi connectivity index (χ2v) is 5.17. The van der Waals surface area contributed by atoms with Crippen molar-refractivity contribution in [1.82, 2.24) is 20.1 Å². The van der Waals surface area contributed by atoms with E-state index in [1.807, 2.05) is 25.4 Å². The molecule has 94 valence electrons. The third-order valence-corrected chi connectivity index (χ3v) is 3.26. The summed E-state index contributed by atoms with van der Waals surface area (Å²) in [6, 6.07) is 2.65. The normalized spacial score (nSPS) is 15.0. The molecule has 0 atom stereocenters. The van der Waals surface area contributed by atoms with Crippen molar-refractivity contribution in [1.29, 1.82) is 0 Å². The third kappa shape index (κ3) is 2.54. The summed E-state index contributed by atoms with van der Waals surface area (Å²) in [5.74, 6) is 0.680. The Balaban J connectivity index is 1.79. The first-order valence-corrected chi connectivity index (χ1v) is 6.49. The van der Waals surface area contributed by atoms with E-state index in [1.165, 1.54) is 12.8 Å². The van der Waals surface area contributed by atoms with Gasteiger partial charge in [-0.2, -0.15) is 5.10 Å². The first kappa shape index (κ1) is 11.7. The molecule has 2 aromatic heterocycles. The molecule has 1 N–H and O–H groups in total. The maximum absolute atomic E-state index is 6.25. The minimum absolute atomic E-state index is 0.633. The summed E-state index contributed by atoms with van der Waals surface area (Å²) in [7, 11) is 0. The lowest BCUT2D eigenvalue weighted by molar-refractivity contribution is 0.685. The van der Waals surface area contributed by atoms with Crippen LogP contribution >= 0.6 is 11.6 Å². The number of hydrogen-bond acceptors (Lipinski definition) is 3. The number of pyridine rings is 1. The summed E-state index contributed by atoms with van der Waals surface area (Å²) in [5.41, 5.74) is 2.20. The van der Waals surface area contributed by atoms with Crippen molar-refractivity contribution in [2.75, 3.05) is 0 Å². The van der Waals surface area contributed by atoms with Gasteiger partial charge < -0.3 is 5.32 Å². The van der Waals surface area contributed by atoms with Gasteiger partial charge in [0.25, 0.3) is 0 Å². The molecule has 0 bridgehead atoms. The minimum atomic E-state index is 0.633. The lowest BCUT2D eigenvalue weighted by Crippen LogP contribution is -2.15. The molecule has 0 aliphatic heterocycles. The Kier molecular flexibility index (Phi) is 3.06. The Morgan fingerprint density at radius 3 is 2.89 bits per heavy atom. The fourth-order valence-electron chi connectivity index (χ4n) is 1.81. The Hall–Kier alpha value is -1.39. The quantitative estimate of drug-likeness (QED) is 0.921. The van der Waals surface area contributed by atoms with Gasteiger partial charge in [-0.15, -0.1) is 0 Å². The molecule has 1 aliphatic carbocycles. The van der Waals surface area contributed by atoms with Crippen LogP contribution in [0, 0.1) is 6.92 Å². The van der Waals surface area contributed by atoms with Crippen molar-refractivity contribution in [3.8, 4) is 5.82 Å². The van der Waals surface area contributed by atoms with E-state index in [0.717, 1.165) is 17.7 Å². The number of halogens is 1. The Labute approximate surface area is 111 Å². The van der Waals surface area contributed by atoms with Crippen molar-refractivity contribution in [2.45, 2.75) is 32.4 Å². The van der Waals surface area contributed by atoms with Gasteiger partial charge in [0.15, 0.2) is 5.82 Å². The average molecular weight is 263 g/mol. The van der Waals surface area contributed by atoms with Gasteiger partial charge in [0.1, 0.15) is 0 Å². The van der Waals surface area contributed by atoms with E-state index in [1.54, 1.807) is 10.9 Å². The summed E-state index contributed by atoms with van der Waals surface area (Å²) in [6.45, 7) is 2.82. The van der Waals surface area contributed by atoms with E-state index in [9.17, 15) is 0 Å². The van der Waals surface area contributed by atoms with Gasteiger partial charge in [0, 0.05) is 25.0 Å². The Bertz CT molecular complexity index is 560. The molecule has 1 saturated carbocycles. The first-order valence-electron chi connectivity index (χ1n) is 6.12. The van der Waals surface area contributed by atoms with Gasteiger partial charge in [-0.05, 0) is 37.0 Å². The molecule has 0 aromatic carbocycles. The Morgan fingerprint density at radius 1 is 1.44 bits per heavy atom. The van der Waals surface area contributed by atoms with Crippen molar-refractivity contribution < 1.29 is 0 Å². The summed E-state index contributed by atoms with van der Waals surface area (Å²) in [6.07, 6.45) is 8.13. The van der Waals surface area contributed by atoms with Gasteiger partial charge in [0.2, 0.25) is 0 Å². The first-order chi connectivity index (χ1) is 8.72. The molecule has 18 heavy (non-hydrogen) atoms. The van der Waals surface area contributed by atoms with Gasteiger partial charge in [-0.25, -0.2) is 9.67 Å². The Morgan fingerprint density at radius 2 is 2.28 bits per heavy atom. The molecule has 0 amide bonds. The van der Waals surface area contributed by atoms with E-state index in [0.29, 0.717) is 16.9 Å². The van der Waals surface area contributed by atoms with Crippen molar-refractivity contribution in [2.24, 2.45) is 0 Å². The highest BCUT2D eigenvalue weighted by Gasteiger charge is 2.20. The molecule has 2 heterocycles. The molecule has 0 saturated heterocycles. The van der Waals surface area contributed by atoms with E-state index in [-0.39, 0.29) is 0 Å². The number of rotatable bonds is 4. The van der Waals surface area contributed by atoms with Crippen LogP contribution in [0.5, 0.6) is 0 Å². The van der Waals surface area contributed by atoms with Crippen LogP contribution in [0.15, 0.2) is 24.7 Å². The molecular weight excluding hydrogens is 248 g/mol. The minimum Gasteiger partial charge on any atom is -0.310 e. The zero-order chi connectivity index (χ0) is 12.5. The topological polar surface area (TPSA) is 42.7 Å². The summed E-state index contributed by atoms with van der Waals surface area (Å²) in [5, 5.41) is 8.29. The van der Waals surface area contributed by atoms with Crippen molar-refractivity contribution in [3.05, 3.63) is 40.8 Å². The van der Waals surface area contributed by atoms with Crippen molar-refractivity contribution in [3.63, 3.8) is 0 Å². The lowest BCUT2D eigenvalue weighted by atomic mass is 10.3. The predicted molar refractivity (Wildman–Crippen MR) is 71.0 cm³/mol. The monoisotopic (exact) mass is 262 g/mol. The summed E-state index contributed by atoms with van der Waals surface area (Å²) in [4.78, 5) is 4.39. The molecule has 1 aliphatic rings. The van der Waals surface area contributed by atoms with E-state index >= 15 is 0 Å². The number of nitrogens with one attached hydrogen (secondary N) is 1. The van der Waals surface area contributed by atoms with E-state index in [4.69, 9.17) is 11.6 Å². The second-order valence-electron chi connectivity index (χ2n) is 4.77. The third-order valence-electron chi connectivity index (χ3n) is 2.98. The standard InChI is InChI=1S/C13H15ClN4/c1-9-5-17-18(8-9)13-12(14)4-10(7-16-13)6-15-11-2-3-11/h4-5,7-8,11,15H,2-3,6H2,1H3. The molecule has 0 spiro atoms. The van der Waals surface area contributed by atoms with Gasteiger partial charge in [-0.3, -0.25) is 0 Å². The number of aromatic nitrogens is 3. The molecule has 3 rings (SSSR count). The lowest BCUT2D eigenvalue weighted by Gasteiger charge is -2.07. The molecule has 5 heteroatoms. The molecule has 1 fully saturated rings. The van der Waals surface area contributed by atoms with Gasteiger partial charge in [0.05, 0.1) is 11.2 Å². The SMILES string of the molecule is Cc1cnn(-c2ncc(CNC3CC3)cc2Cl)c1. The largest absolute Gasteiger partial charge is 0.310 e. The zero-order valence-corrected chi connectivity index (χ0v) is 11.0. The van der Waals surface area contributed by atoms with Crippen LogP contribution in [0.1, 0.15) is 24.0 Å². The second kappa shape index (κ2) is 4.71. The molecular formula is C13H15ClN4. The van der Waals surface area contributed by atoms with E-state index in [2.05, 4.69) is 15.4 Å². The number of hydrogen-bond donors (Lipinski definition) is 1. The maximum Gasteiger partial charge on any atom is 0.172 e. The molecule has 4 nitrogen and oxygen atoms in total. The maximum atomic E-state index is 6.25. The fourth-order valence-corrected chi connectivity index (χ4v) is 2.09. The van der Waals surface area contributed by atoms with E-state index < -0.39 is 0 Å². The smallest absolute Gasteiger partial charge is 0.172 e. The summed E-state index contributed by atoms with van der Waals surface area (Å²) < 4.78 is 1.70. The van der Waals surface area contributed by atoms with Gasteiger partial charge in [-0.1, -0.05) is 11.6 Å². The van der Waals surface area contributed by atoms with Crippen LogP contribution in [-0.4, -0.2) is 20.8 Å². The fraction of sp³-hybridized carbons (Fsp3) is 0.385. The van der Waals surface area contributed by atoms with Crippen LogP contribution in [-0.2, 0) is 6.54 Å². The average Bonchev–Trinajstić information content (AvgIpc) is 3.09. The highest BCUT2D eigenvalue weighted by Crippen LogP contribution is 2.21. The van der Waals surface area contributed by atoms with Crippen LogP contribution in [0.4, 0.5) is 0 Å². The number of aryl methyl sites for hydroxylation is 1. The highest BCUT2D eigenvalue weighted by atomic mass is 35.5. The molecule has 0 unspecified atom stereocenters. The van der Waals surface area contributed by atoms with Gasteiger partial charge >= 0.3 is 0 Å². The zero-order valence-electron chi connectivity index (χ0n) is 10.2. The molecule has 2 aromatic rings. The van der Waals surface area contributed by atoms with Crippen LogP contribution in [0.2, 0.25) is 5.02 Å².